The van der Waals surface area contributed by atoms with Gasteiger partial charge >= 0.3 is 0 Å². The van der Waals surface area contributed by atoms with E-state index in [9.17, 15) is 0 Å². The first kappa shape index (κ1) is 14.3. The van der Waals surface area contributed by atoms with Gasteiger partial charge in [0.15, 0.2) is 0 Å². The molecule has 16 heavy (non-hydrogen) atoms. The lowest BCUT2D eigenvalue weighted by Gasteiger charge is -2.30. The molecule has 3 heteroatoms. The van der Waals surface area contributed by atoms with Crippen molar-refractivity contribution in [3.63, 3.8) is 0 Å². The molecule has 0 spiro atoms. The zero-order valence-electron chi connectivity index (χ0n) is 9.48. The van der Waals surface area contributed by atoms with Gasteiger partial charge in [-0.1, -0.05) is 47.8 Å². The molecule has 0 N–H and O–H groups in total. The van der Waals surface area contributed by atoms with Crippen molar-refractivity contribution in [3.05, 3.63) is 34.3 Å². The Morgan fingerprint density at radius 1 is 1.25 bits per heavy atom. The maximum absolute atomic E-state index is 6.15. The Hall–Kier alpha value is 0.280. The molecule has 1 aromatic rings. The lowest BCUT2D eigenvalue weighted by molar-refractivity contribution is 0.469. The fraction of sp³-hybridized carbons (Fsp3) is 0.538. The topological polar surface area (TPSA) is 0 Å². The van der Waals surface area contributed by atoms with Gasteiger partial charge in [0.05, 0.1) is 0 Å². The van der Waals surface area contributed by atoms with E-state index in [0.29, 0.717) is 11.8 Å². The Kier molecular flexibility index (Phi) is 6.17. The van der Waals surface area contributed by atoms with Crippen LogP contribution in [0.4, 0.5) is 0 Å². The van der Waals surface area contributed by atoms with E-state index in [0.717, 1.165) is 17.3 Å². The summed E-state index contributed by atoms with van der Waals surface area (Å²) < 4.78 is 1.08. The Morgan fingerprint density at radius 3 is 2.44 bits per heavy atom. The molecule has 0 heterocycles. The Bertz CT molecular complexity index is 321. The minimum Gasteiger partial charge on any atom is -0.126 e. The predicted octanol–water partition coefficient (Wildman–Crippen LogP) is 5.35. The van der Waals surface area contributed by atoms with Crippen molar-refractivity contribution in [3.8, 4) is 0 Å². The van der Waals surface area contributed by atoms with Gasteiger partial charge < -0.3 is 0 Å². The van der Waals surface area contributed by atoms with E-state index < -0.39 is 0 Å². The van der Waals surface area contributed by atoms with Crippen molar-refractivity contribution in [1.82, 2.24) is 0 Å². The molecular formula is C13H17BrCl2. The van der Waals surface area contributed by atoms with Crippen LogP contribution in [-0.4, -0.2) is 11.8 Å². The van der Waals surface area contributed by atoms with Gasteiger partial charge in [0, 0.05) is 21.6 Å². The molecule has 0 aliphatic rings. The standard InChI is InChI=1S/C13H17BrCl2/c1-2-3-7-13(9-15,10-16)11-5-4-6-12(14)8-11/h4-6,8H,2-3,7,9-10H2,1H3. The Labute approximate surface area is 116 Å². The third-order valence-corrected chi connectivity index (χ3v) is 4.47. The smallest absolute Gasteiger partial charge is 0.0332 e. The molecule has 0 aromatic heterocycles. The lowest BCUT2D eigenvalue weighted by Crippen LogP contribution is -2.30. The second-order valence-electron chi connectivity index (χ2n) is 4.16. The Balaban J connectivity index is 2.99. The zero-order chi connectivity index (χ0) is 12.0. The molecule has 0 aliphatic carbocycles. The van der Waals surface area contributed by atoms with E-state index in [4.69, 9.17) is 23.2 Å². The van der Waals surface area contributed by atoms with Crippen LogP contribution in [0.2, 0.25) is 0 Å². The van der Waals surface area contributed by atoms with E-state index in [1.807, 2.05) is 12.1 Å². The summed E-state index contributed by atoms with van der Waals surface area (Å²) >= 11 is 15.8. The van der Waals surface area contributed by atoms with Crippen LogP contribution in [0, 0.1) is 0 Å². The van der Waals surface area contributed by atoms with Gasteiger partial charge in [0.1, 0.15) is 0 Å². The van der Waals surface area contributed by atoms with Gasteiger partial charge in [-0.25, -0.2) is 0 Å². The number of hydrogen-bond acceptors (Lipinski definition) is 0. The van der Waals surface area contributed by atoms with Crippen molar-refractivity contribution in [2.24, 2.45) is 0 Å². The maximum Gasteiger partial charge on any atom is 0.0332 e. The summed E-state index contributed by atoms with van der Waals surface area (Å²) in [6, 6.07) is 8.31. The number of unbranched alkanes of at least 4 members (excludes halogenated alkanes) is 1. The molecule has 0 amide bonds. The van der Waals surface area contributed by atoms with Crippen LogP contribution >= 0.6 is 39.1 Å². The minimum absolute atomic E-state index is 0.0805. The highest BCUT2D eigenvalue weighted by Gasteiger charge is 2.29. The summed E-state index contributed by atoms with van der Waals surface area (Å²) in [6.07, 6.45) is 3.38. The van der Waals surface area contributed by atoms with Crippen molar-refractivity contribution >= 4 is 39.1 Å². The van der Waals surface area contributed by atoms with Crippen molar-refractivity contribution in [1.29, 1.82) is 0 Å². The predicted molar refractivity (Wildman–Crippen MR) is 76.8 cm³/mol. The molecule has 0 radical (unpaired) electrons. The highest BCUT2D eigenvalue weighted by molar-refractivity contribution is 9.10. The fourth-order valence-corrected chi connectivity index (χ4v) is 3.06. The van der Waals surface area contributed by atoms with Gasteiger partial charge in [0.2, 0.25) is 0 Å². The highest BCUT2D eigenvalue weighted by Crippen LogP contribution is 2.34. The molecule has 0 fully saturated rings. The maximum atomic E-state index is 6.15. The first-order chi connectivity index (χ1) is 7.68. The summed E-state index contributed by atoms with van der Waals surface area (Å²) in [5, 5.41) is 0. The van der Waals surface area contributed by atoms with Crippen LogP contribution in [0.1, 0.15) is 31.7 Å². The highest BCUT2D eigenvalue weighted by atomic mass is 79.9. The summed E-state index contributed by atoms with van der Waals surface area (Å²) in [6.45, 7) is 2.19. The van der Waals surface area contributed by atoms with E-state index in [1.54, 1.807) is 0 Å². The fourth-order valence-electron chi connectivity index (χ4n) is 1.80. The molecule has 0 aliphatic heterocycles. The number of benzene rings is 1. The van der Waals surface area contributed by atoms with Crippen LogP contribution in [0.15, 0.2) is 28.7 Å². The summed E-state index contributed by atoms with van der Waals surface area (Å²) in [7, 11) is 0. The second-order valence-corrected chi connectivity index (χ2v) is 5.61. The first-order valence-corrected chi connectivity index (χ1v) is 7.42. The summed E-state index contributed by atoms with van der Waals surface area (Å²) in [4.78, 5) is 0. The SMILES string of the molecule is CCCCC(CCl)(CCl)c1cccc(Br)c1. The van der Waals surface area contributed by atoms with Crippen LogP contribution < -0.4 is 0 Å². The van der Waals surface area contributed by atoms with Crippen LogP contribution in [0.5, 0.6) is 0 Å². The summed E-state index contributed by atoms with van der Waals surface area (Å²) in [5.41, 5.74) is 1.16. The van der Waals surface area contributed by atoms with Crippen molar-refractivity contribution < 1.29 is 0 Å². The van der Waals surface area contributed by atoms with Gasteiger partial charge in [-0.15, -0.1) is 23.2 Å². The number of rotatable bonds is 6. The van der Waals surface area contributed by atoms with Gasteiger partial charge in [-0.3, -0.25) is 0 Å². The zero-order valence-corrected chi connectivity index (χ0v) is 12.6. The van der Waals surface area contributed by atoms with Crippen LogP contribution in [0.25, 0.3) is 0 Å². The number of alkyl halides is 2. The molecule has 0 bridgehead atoms. The van der Waals surface area contributed by atoms with E-state index in [1.165, 1.54) is 12.0 Å². The van der Waals surface area contributed by atoms with Crippen LogP contribution in [0.3, 0.4) is 0 Å². The van der Waals surface area contributed by atoms with Gasteiger partial charge in [-0.05, 0) is 24.1 Å². The molecule has 0 atom stereocenters. The number of halogens is 3. The molecule has 0 unspecified atom stereocenters. The van der Waals surface area contributed by atoms with Gasteiger partial charge in [-0.2, -0.15) is 0 Å². The monoisotopic (exact) mass is 322 g/mol. The molecule has 1 aromatic carbocycles. The first-order valence-electron chi connectivity index (χ1n) is 5.56. The third kappa shape index (κ3) is 3.38. The average molecular weight is 324 g/mol. The third-order valence-electron chi connectivity index (χ3n) is 2.96. The van der Waals surface area contributed by atoms with Crippen LogP contribution in [-0.2, 0) is 5.41 Å². The summed E-state index contributed by atoms with van der Waals surface area (Å²) in [5.74, 6) is 1.15. The minimum atomic E-state index is -0.0805. The van der Waals surface area contributed by atoms with Gasteiger partial charge in [0.25, 0.3) is 0 Å². The van der Waals surface area contributed by atoms with E-state index in [-0.39, 0.29) is 5.41 Å². The molecule has 0 saturated heterocycles. The molecule has 90 valence electrons. The van der Waals surface area contributed by atoms with E-state index >= 15 is 0 Å². The molecule has 0 nitrogen and oxygen atoms in total. The van der Waals surface area contributed by atoms with Crippen molar-refractivity contribution in [2.45, 2.75) is 31.6 Å². The average Bonchev–Trinajstić information content (AvgIpc) is 2.31. The van der Waals surface area contributed by atoms with E-state index in [2.05, 4.69) is 35.0 Å². The molecule has 1 rings (SSSR count). The second kappa shape index (κ2) is 6.88. The Morgan fingerprint density at radius 2 is 1.94 bits per heavy atom. The van der Waals surface area contributed by atoms with Crippen molar-refractivity contribution in [2.75, 3.05) is 11.8 Å². The molecular weight excluding hydrogens is 307 g/mol. The molecule has 0 saturated carbocycles. The number of hydrogen-bond donors (Lipinski definition) is 0. The lowest BCUT2D eigenvalue weighted by atomic mass is 9.80. The quantitative estimate of drug-likeness (QED) is 0.619. The largest absolute Gasteiger partial charge is 0.126 e. The normalized spacial score (nSPS) is 11.8.